The molecule has 8 nitrogen and oxygen atoms in total. The molecule has 1 heterocycles. The number of nitrogens with two attached hydrogens (primary N) is 1. The van der Waals surface area contributed by atoms with E-state index < -0.39 is 10.0 Å². The molecule has 0 radical (unpaired) electrons. The normalized spacial score (nSPS) is 16.2. The van der Waals surface area contributed by atoms with E-state index in [4.69, 9.17) is 14.6 Å². The molecule has 0 unspecified atom stereocenters. The molecule has 0 spiro atoms. The third-order valence-corrected chi connectivity index (χ3v) is 6.89. The molecule has 3 aromatic carbocycles. The number of primary sulfonamides is 1. The van der Waals surface area contributed by atoms with Gasteiger partial charge in [-0.05, 0) is 78.9 Å². The minimum absolute atomic E-state index is 0.0125. The second kappa shape index (κ2) is 10.3. The Balaban J connectivity index is 1.73. The molecule has 1 saturated heterocycles. The van der Waals surface area contributed by atoms with Crippen molar-refractivity contribution in [3.63, 3.8) is 0 Å². The van der Waals surface area contributed by atoms with Gasteiger partial charge in [0.05, 0.1) is 34.9 Å². The van der Waals surface area contributed by atoms with Crippen LogP contribution in [0.1, 0.15) is 12.5 Å². The first kappa shape index (κ1) is 24.5. The minimum atomic E-state index is -3.81. The molecule has 0 bridgehead atoms. The van der Waals surface area contributed by atoms with Gasteiger partial charge in [0, 0.05) is 0 Å². The number of anilines is 1. The van der Waals surface area contributed by atoms with Gasteiger partial charge in [0.1, 0.15) is 0 Å². The summed E-state index contributed by atoms with van der Waals surface area (Å²) < 4.78 is 34.1. The van der Waals surface area contributed by atoms with Crippen molar-refractivity contribution >= 4 is 50.3 Å². The first-order valence-electron chi connectivity index (χ1n) is 10.6. The maximum absolute atomic E-state index is 13.4. The average molecular weight is 510 g/mol. The zero-order valence-corrected chi connectivity index (χ0v) is 20.7. The van der Waals surface area contributed by atoms with Gasteiger partial charge < -0.3 is 9.47 Å². The van der Waals surface area contributed by atoms with Crippen LogP contribution in [0, 0.1) is 0 Å². The zero-order chi connectivity index (χ0) is 25.0. The molecule has 4 rings (SSSR count). The Labute approximate surface area is 208 Å². The van der Waals surface area contributed by atoms with E-state index in [-0.39, 0.29) is 10.8 Å². The number of hydrogen-bond acceptors (Lipinski definition) is 7. The summed E-state index contributed by atoms with van der Waals surface area (Å²) in [4.78, 5) is 20.0. The predicted molar refractivity (Wildman–Crippen MR) is 139 cm³/mol. The van der Waals surface area contributed by atoms with Crippen LogP contribution in [0.3, 0.4) is 0 Å². The summed E-state index contributed by atoms with van der Waals surface area (Å²) in [5.74, 6) is 0.966. The summed E-state index contributed by atoms with van der Waals surface area (Å²) in [6.07, 6.45) is 1.77. The van der Waals surface area contributed by atoms with E-state index in [2.05, 4.69) is 4.99 Å². The Bertz CT molecular complexity index is 1400. The average Bonchev–Trinajstić information content (AvgIpc) is 3.14. The van der Waals surface area contributed by atoms with Crippen molar-refractivity contribution in [1.29, 1.82) is 0 Å². The van der Waals surface area contributed by atoms with Gasteiger partial charge in [-0.15, -0.1) is 0 Å². The number of nitrogens with zero attached hydrogens (tertiary/aromatic N) is 2. The highest BCUT2D eigenvalue weighted by Crippen LogP contribution is 2.38. The lowest BCUT2D eigenvalue weighted by atomic mass is 10.2. The molecule has 0 saturated carbocycles. The number of ether oxygens (including phenoxy) is 2. The van der Waals surface area contributed by atoms with Crippen molar-refractivity contribution in [3.05, 3.63) is 83.3 Å². The maximum Gasteiger partial charge on any atom is 0.271 e. The van der Waals surface area contributed by atoms with E-state index in [1.165, 1.54) is 28.8 Å². The number of aliphatic imine (C=N–C) groups is 1. The number of carbonyl (C=O) groups excluding carboxylic acids is 1. The first-order chi connectivity index (χ1) is 16.8. The van der Waals surface area contributed by atoms with Crippen LogP contribution in [0.25, 0.3) is 6.08 Å². The van der Waals surface area contributed by atoms with E-state index in [0.29, 0.717) is 39.6 Å². The van der Waals surface area contributed by atoms with Gasteiger partial charge >= 0.3 is 0 Å². The van der Waals surface area contributed by atoms with Crippen LogP contribution in [0.2, 0.25) is 0 Å². The summed E-state index contributed by atoms with van der Waals surface area (Å²) in [6.45, 7) is 2.40. The number of benzene rings is 3. The van der Waals surface area contributed by atoms with Gasteiger partial charge in [-0.1, -0.05) is 24.3 Å². The zero-order valence-electron chi connectivity index (χ0n) is 19.0. The highest BCUT2D eigenvalue weighted by molar-refractivity contribution is 8.19. The number of hydrogen-bond donors (Lipinski definition) is 1. The fraction of sp³-hybridized carbons (Fsp3) is 0.120. The molecule has 0 aromatic heterocycles. The standard InChI is InChI=1S/C25H23N3O5S2/c1-3-33-21-14-9-17(15-22(21)32-2)16-23-24(29)28(19-7-5-4-6-8-19)25(34-23)27-18-10-12-20(13-11-18)35(26,30)31/h4-16H,3H2,1-2H3,(H2,26,30,31). The molecule has 1 fully saturated rings. The van der Waals surface area contributed by atoms with Crippen molar-refractivity contribution in [1.82, 2.24) is 0 Å². The highest BCUT2D eigenvalue weighted by atomic mass is 32.2. The highest BCUT2D eigenvalue weighted by Gasteiger charge is 2.34. The Morgan fingerprint density at radius 3 is 2.37 bits per heavy atom. The quantitative estimate of drug-likeness (QED) is 0.468. The second-order valence-electron chi connectivity index (χ2n) is 7.36. The summed E-state index contributed by atoms with van der Waals surface area (Å²) in [6, 6.07) is 20.5. The largest absolute Gasteiger partial charge is 0.493 e. The fourth-order valence-corrected chi connectivity index (χ4v) is 4.89. The summed E-state index contributed by atoms with van der Waals surface area (Å²) in [5, 5.41) is 5.62. The van der Waals surface area contributed by atoms with E-state index in [1.54, 1.807) is 37.5 Å². The lowest BCUT2D eigenvalue weighted by Gasteiger charge is -2.15. The Morgan fingerprint density at radius 1 is 1.03 bits per heavy atom. The van der Waals surface area contributed by atoms with Gasteiger partial charge in [0.2, 0.25) is 10.0 Å². The van der Waals surface area contributed by atoms with Crippen LogP contribution in [0.4, 0.5) is 11.4 Å². The molecule has 180 valence electrons. The molecule has 1 aliphatic rings. The van der Waals surface area contributed by atoms with Gasteiger partial charge in [-0.3, -0.25) is 9.69 Å². The molecule has 35 heavy (non-hydrogen) atoms. The van der Waals surface area contributed by atoms with Crippen molar-refractivity contribution in [2.75, 3.05) is 18.6 Å². The van der Waals surface area contributed by atoms with Gasteiger partial charge in [-0.2, -0.15) is 0 Å². The number of amidine groups is 1. The minimum Gasteiger partial charge on any atom is -0.493 e. The summed E-state index contributed by atoms with van der Waals surface area (Å²) >= 11 is 1.22. The number of thioether (sulfide) groups is 1. The van der Waals surface area contributed by atoms with Crippen LogP contribution in [-0.4, -0.2) is 33.2 Å². The van der Waals surface area contributed by atoms with Gasteiger partial charge in [0.25, 0.3) is 5.91 Å². The number of carbonyl (C=O) groups is 1. The third kappa shape index (κ3) is 5.56. The smallest absolute Gasteiger partial charge is 0.271 e. The Kier molecular flexibility index (Phi) is 7.25. The molecular weight excluding hydrogens is 486 g/mol. The maximum atomic E-state index is 13.4. The van der Waals surface area contributed by atoms with E-state index in [9.17, 15) is 13.2 Å². The summed E-state index contributed by atoms with van der Waals surface area (Å²) in [7, 11) is -2.25. The van der Waals surface area contributed by atoms with Crippen LogP contribution >= 0.6 is 11.8 Å². The van der Waals surface area contributed by atoms with Gasteiger partial charge in [-0.25, -0.2) is 18.5 Å². The third-order valence-electron chi connectivity index (χ3n) is 5.00. The van der Waals surface area contributed by atoms with Crippen molar-refractivity contribution in [3.8, 4) is 11.5 Å². The number of amides is 1. The van der Waals surface area contributed by atoms with Crippen molar-refractivity contribution in [2.24, 2.45) is 10.1 Å². The van der Waals surface area contributed by atoms with E-state index in [1.807, 2.05) is 43.3 Å². The monoisotopic (exact) mass is 509 g/mol. The Hall–Kier alpha value is -3.60. The SMILES string of the molecule is CCOc1ccc(C=C2SC(=Nc3ccc(S(N)(=O)=O)cc3)N(c3ccccc3)C2=O)cc1OC. The lowest BCUT2D eigenvalue weighted by molar-refractivity contribution is -0.113. The van der Waals surface area contributed by atoms with Crippen molar-refractivity contribution < 1.29 is 22.7 Å². The molecule has 3 aromatic rings. The number of sulfonamides is 1. The number of methoxy groups -OCH3 is 1. The first-order valence-corrected chi connectivity index (χ1v) is 13.0. The van der Waals surface area contributed by atoms with Crippen LogP contribution < -0.4 is 19.5 Å². The topological polar surface area (TPSA) is 111 Å². The molecule has 0 aliphatic carbocycles. The van der Waals surface area contributed by atoms with Crippen LogP contribution in [0.5, 0.6) is 11.5 Å². The lowest BCUT2D eigenvalue weighted by Crippen LogP contribution is -2.28. The molecule has 10 heteroatoms. The van der Waals surface area contributed by atoms with Gasteiger partial charge in [0.15, 0.2) is 16.7 Å². The van der Waals surface area contributed by atoms with Crippen LogP contribution in [-0.2, 0) is 14.8 Å². The second-order valence-corrected chi connectivity index (χ2v) is 9.93. The molecular formula is C25H23N3O5S2. The summed E-state index contributed by atoms with van der Waals surface area (Å²) in [5.41, 5.74) is 1.92. The Morgan fingerprint density at radius 2 is 1.74 bits per heavy atom. The predicted octanol–water partition coefficient (Wildman–Crippen LogP) is 4.55. The van der Waals surface area contributed by atoms with Crippen LogP contribution in [0.15, 0.2) is 87.6 Å². The van der Waals surface area contributed by atoms with Crippen molar-refractivity contribution in [2.45, 2.75) is 11.8 Å². The number of rotatable bonds is 7. The molecule has 0 atom stereocenters. The molecule has 1 aliphatic heterocycles. The molecule has 2 N–H and O–H groups in total. The van der Waals surface area contributed by atoms with E-state index in [0.717, 1.165) is 5.56 Å². The fourth-order valence-electron chi connectivity index (χ4n) is 3.37. The van der Waals surface area contributed by atoms with E-state index >= 15 is 0 Å². The molecule has 1 amide bonds. The number of para-hydroxylation sites is 1.